The Labute approximate surface area is 238 Å². The molecule has 4 heteroatoms. The van der Waals surface area contributed by atoms with Gasteiger partial charge in [-0.1, -0.05) is 122 Å². The van der Waals surface area contributed by atoms with Crippen molar-refractivity contribution in [2.45, 2.75) is 24.9 Å². The predicted octanol–water partition coefficient (Wildman–Crippen LogP) is 8.00. The number of rotatable bonds is 4. The molecular formula is C34H28IN3. The quantitative estimate of drug-likeness (QED) is 0.111. The highest BCUT2D eigenvalue weighted by Gasteiger charge is 2.49. The first-order valence-electron chi connectivity index (χ1n) is 13.2. The summed E-state index contributed by atoms with van der Waals surface area (Å²) < 4.78 is 4.74. The molecule has 1 heterocycles. The molecule has 1 aliphatic heterocycles. The molecule has 0 saturated carbocycles. The van der Waals surface area contributed by atoms with Crippen molar-refractivity contribution in [1.29, 1.82) is 0 Å². The van der Waals surface area contributed by atoms with Crippen molar-refractivity contribution < 1.29 is 0 Å². The molecule has 1 N–H and O–H groups in total. The predicted molar refractivity (Wildman–Crippen MR) is 164 cm³/mol. The molecule has 3 nitrogen and oxygen atoms in total. The van der Waals surface area contributed by atoms with Gasteiger partial charge in [0.2, 0.25) is 0 Å². The number of nitrogens with zero attached hydrogens (tertiary/aromatic N) is 2. The van der Waals surface area contributed by atoms with Gasteiger partial charge < -0.3 is 0 Å². The molecule has 0 bridgehead atoms. The van der Waals surface area contributed by atoms with Crippen LogP contribution in [-0.2, 0) is 5.41 Å². The molecule has 4 aromatic rings. The number of allylic oxidation sites excluding steroid dienone is 4. The second-order valence-electron chi connectivity index (χ2n) is 10.3. The third-order valence-electron chi connectivity index (χ3n) is 8.22. The summed E-state index contributed by atoms with van der Waals surface area (Å²) in [5, 5.41) is 2.17. The van der Waals surface area contributed by atoms with Crippen molar-refractivity contribution >= 4 is 34.3 Å². The number of hydrogen-bond acceptors (Lipinski definition) is 2. The monoisotopic (exact) mass is 605 g/mol. The van der Waals surface area contributed by atoms with Crippen LogP contribution in [0.15, 0.2) is 130 Å². The van der Waals surface area contributed by atoms with Gasteiger partial charge in [-0.3, -0.25) is 5.01 Å². The summed E-state index contributed by atoms with van der Waals surface area (Å²) in [4.78, 5) is 0. The van der Waals surface area contributed by atoms with Crippen LogP contribution in [-0.4, -0.2) is 10.8 Å². The zero-order valence-electron chi connectivity index (χ0n) is 21.2. The molecule has 0 spiro atoms. The van der Waals surface area contributed by atoms with E-state index in [4.69, 9.17) is 3.21 Å². The van der Waals surface area contributed by atoms with Gasteiger partial charge in [-0.15, -0.1) is 0 Å². The van der Waals surface area contributed by atoms with Crippen molar-refractivity contribution in [1.82, 2.24) is 10.4 Å². The van der Waals surface area contributed by atoms with Gasteiger partial charge in [0.05, 0.1) is 28.3 Å². The molecule has 2 unspecified atom stereocenters. The maximum absolute atomic E-state index is 4.74. The Hall–Kier alpha value is -3.48. The van der Waals surface area contributed by atoms with Crippen LogP contribution < -0.4 is 5.43 Å². The Morgan fingerprint density at radius 2 is 1.50 bits per heavy atom. The molecule has 0 radical (unpaired) electrons. The smallest absolute Gasteiger partial charge is 0.158 e. The fraction of sp³-hybridized carbons (Fsp3) is 0.147. The van der Waals surface area contributed by atoms with Crippen LogP contribution in [0, 0.1) is 5.92 Å². The van der Waals surface area contributed by atoms with E-state index in [9.17, 15) is 0 Å². The van der Waals surface area contributed by atoms with Crippen LogP contribution in [0.25, 0.3) is 5.57 Å². The number of amidine groups is 1. The number of fused-ring (bicyclic) bond motifs is 2. The van der Waals surface area contributed by atoms with Crippen molar-refractivity contribution in [3.05, 3.63) is 160 Å². The summed E-state index contributed by atoms with van der Waals surface area (Å²) in [7, 11) is 0. The fourth-order valence-electron chi connectivity index (χ4n) is 6.51. The average molecular weight is 606 g/mol. The van der Waals surface area contributed by atoms with Crippen LogP contribution in [0.2, 0.25) is 0 Å². The van der Waals surface area contributed by atoms with E-state index < -0.39 is 0 Å². The van der Waals surface area contributed by atoms with Crippen LogP contribution in [0.1, 0.15) is 52.9 Å². The molecule has 2 atom stereocenters. The van der Waals surface area contributed by atoms with E-state index in [2.05, 4.69) is 162 Å². The van der Waals surface area contributed by atoms with E-state index >= 15 is 0 Å². The first-order chi connectivity index (χ1) is 18.7. The molecule has 7 rings (SSSR count). The summed E-state index contributed by atoms with van der Waals surface area (Å²) >= 11 is 2.14. The van der Waals surface area contributed by atoms with Crippen LogP contribution >= 0.6 is 22.9 Å². The SMILES string of the molecule is CC1CC=CC2=C1c1ccc(/C(=N/I)N3NC3c3ccccc3)cc1C2(c1ccccc1)c1ccccc1. The number of benzene rings is 4. The largest absolute Gasteiger partial charge is 0.265 e. The molecule has 186 valence electrons. The lowest BCUT2D eigenvalue weighted by Gasteiger charge is -2.36. The molecule has 1 saturated heterocycles. The second-order valence-corrected chi connectivity index (χ2v) is 10.8. The fourth-order valence-corrected chi connectivity index (χ4v) is 7.02. The Morgan fingerprint density at radius 1 is 0.868 bits per heavy atom. The van der Waals surface area contributed by atoms with Crippen LogP contribution in [0.5, 0.6) is 0 Å². The Morgan fingerprint density at radius 3 is 2.13 bits per heavy atom. The highest BCUT2D eigenvalue weighted by atomic mass is 127. The Kier molecular flexibility index (Phi) is 5.82. The molecule has 38 heavy (non-hydrogen) atoms. The van der Waals surface area contributed by atoms with Gasteiger partial charge in [0.15, 0.2) is 5.84 Å². The third-order valence-corrected chi connectivity index (χ3v) is 8.68. The molecular weight excluding hydrogens is 577 g/mol. The number of hydrogen-bond donors (Lipinski definition) is 1. The van der Waals surface area contributed by atoms with Gasteiger partial charge in [-0.2, -0.15) is 3.21 Å². The van der Waals surface area contributed by atoms with Crippen molar-refractivity contribution in [3.8, 4) is 0 Å². The molecule has 0 amide bonds. The minimum Gasteiger partial charge on any atom is -0.265 e. The Balaban J connectivity index is 1.44. The minimum atomic E-state index is -0.379. The summed E-state index contributed by atoms with van der Waals surface area (Å²) in [6.07, 6.45) is 5.95. The zero-order chi connectivity index (χ0) is 25.7. The number of halogens is 1. The first-order valence-corrected chi connectivity index (χ1v) is 14.2. The van der Waals surface area contributed by atoms with Crippen molar-refractivity contribution in [2.24, 2.45) is 9.12 Å². The van der Waals surface area contributed by atoms with E-state index in [0.717, 1.165) is 17.8 Å². The molecule has 4 aromatic carbocycles. The normalized spacial score (nSPS) is 21.3. The standard InChI is InChI=1S/C34H28IN3/c1-23-12-11-19-29-31(23)28-21-20-25(32(36-35)38-33(37-38)24-13-5-2-6-14-24)22-30(28)34(29,26-15-7-3-8-16-26)27-17-9-4-10-18-27/h2-11,13-23,33,37H,12H2,1H3/b36-32-. The van der Waals surface area contributed by atoms with Gasteiger partial charge >= 0.3 is 0 Å². The summed E-state index contributed by atoms with van der Waals surface area (Å²) in [6.45, 7) is 2.37. The molecule has 1 fully saturated rings. The zero-order valence-corrected chi connectivity index (χ0v) is 23.3. The van der Waals surface area contributed by atoms with Crippen molar-refractivity contribution in [3.63, 3.8) is 0 Å². The highest BCUT2D eigenvalue weighted by Crippen LogP contribution is 2.58. The van der Waals surface area contributed by atoms with E-state index in [1.807, 2.05) is 0 Å². The molecule has 3 aliphatic rings. The topological polar surface area (TPSA) is 37.3 Å². The van der Waals surface area contributed by atoms with Gasteiger partial charge in [-0.05, 0) is 57.4 Å². The van der Waals surface area contributed by atoms with Gasteiger partial charge in [-0.25, -0.2) is 5.43 Å². The first kappa shape index (κ1) is 23.6. The van der Waals surface area contributed by atoms with Crippen LogP contribution in [0.4, 0.5) is 0 Å². The van der Waals surface area contributed by atoms with Crippen LogP contribution in [0.3, 0.4) is 0 Å². The lowest BCUT2D eigenvalue weighted by atomic mass is 9.66. The second kappa shape index (κ2) is 9.37. The van der Waals surface area contributed by atoms with Crippen molar-refractivity contribution in [2.75, 3.05) is 0 Å². The van der Waals surface area contributed by atoms with E-state index in [1.54, 1.807) is 0 Å². The third kappa shape index (κ3) is 3.54. The lowest BCUT2D eigenvalue weighted by molar-refractivity contribution is 0.719. The summed E-state index contributed by atoms with van der Waals surface area (Å²) in [5.74, 6) is 1.41. The van der Waals surface area contributed by atoms with Gasteiger partial charge in [0.25, 0.3) is 0 Å². The lowest BCUT2D eigenvalue weighted by Crippen LogP contribution is -2.30. The summed E-state index contributed by atoms with van der Waals surface area (Å²) in [5.41, 5.74) is 13.7. The highest BCUT2D eigenvalue weighted by molar-refractivity contribution is 14.1. The van der Waals surface area contributed by atoms with E-state index in [1.165, 1.54) is 39.0 Å². The maximum atomic E-state index is 4.74. The van der Waals surface area contributed by atoms with Gasteiger partial charge in [0, 0.05) is 5.56 Å². The molecule has 2 aliphatic carbocycles. The Bertz CT molecular complexity index is 1550. The van der Waals surface area contributed by atoms with E-state index in [0.29, 0.717) is 5.92 Å². The number of nitrogens with one attached hydrogen (secondary N) is 1. The van der Waals surface area contributed by atoms with E-state index in [-0.39, 0.29) is 11.6 Å². The molecule has 0 aromatic heterocycles. The van der Waals surface area contributed by atoms with Gasteiger partial charge in [0.1, 0.15) is 6.17 Å². The average Bonchev–Trinajstić information content (AvgIpc) is 3.70. The number of hydrazine groups is 1. The maximum Gasteiger partial charge on any atom is 0.158 e. The minimum absolute atomic E-state index is 0.139. The summed E-state index contributed by atoms with van der Waals surface area (Å²) in [6, 6.07) is 39.6.